The Balaban J connectivity index is 0.749. The molecular formula is C59H94N10O17P2S3. The number of phosphoric ester groups is 1. The molecule has 0 spiro atoms. The summed E-state index contributed by atoms with van der Waals surface area (Å²) >= 11 is 16.5. The summed E-state index contributed by atoms with van der Waals surface area (Å²) in [6.07, 6.45) is 6.28. The minimum Gasteiger partial charge on any atom is -0.491 e. The number of nitrogen functional groups attached to an aromatic ring is 2. The Morgan fingerprint density at radius 3 is 2.00 bits per heavy atom. The number of hydrogen-bond acceptors (Lipinski definition) is 25. The van der Waals surface area contributed by atoms with Crippen LogP contribution in [0.2, 0.25) is 0 Å². The molecule has 0 bridgehead atoms. The van der Waals surface area contributed by atoms with Crippen LogP contribution in [0.15, 0.2) is 12.7 Å². The monoisotopic (exact) mass is 1370 g/mol. The van der Waals surface area contributed by atoms with Crippen LogP contribution in [-0.4, -0.2) is 175 Å². The summed E-state index contributed by atoms with van der Waals surface area (Å²) in [5.41, 5.74) is 17.3. The maximum atomic E-state index is 13.5. The first-order valence-corrected chi connectivity index (χ1v) is 36.2. The molecule has 1 aromatic carbocycles. The maximum Gasteiger partial charge on any atom is 0.472 e. The Hall–Kier alpha value is -3.72. The van der Waals surface area contributed by atoms with Crippen molar-refractivity contribution in [3.05, 3.63) is 44.2 Å². The number of nitrogens with zero attached hydrogens (tertiary/aromatic N) is 6. The first-order chi connectivity index (χ1) is 43.3. The lowest BCUT2D eigenvalue weighted by molar-refractivity contribution is -0.0583. The zero-order chi connectivity index (χ0) is 65.8. The number of nitrogens with two attached hydrogens (primary N) is 2. The molecule has 8 rings (SSSR count). The molecular weight excluding hydrogens is 1280 g/mol. The minimum atomic E-state index is -5.00. The van der Waals surface area contributed by atoms with E-state index in [2.05, 4.69) is 85.3 Å². The number of rotatable bonds is 38. The number of aliphatic hydroxyl groups is 3. The molecule has 10 N–H and O–H groups in total. The van der Waals surface area contributed by atoms with Crippen molar-refractivity contribution in [2.45, 2.75) is 187 Å². The van der Waals surface area contributed by atoms with Gasteiger partial charge in [0.25, 0.3) is 0 Å². The molecule has 0 aliphatic carbocycles. The second-order valence-electron chi connectivity index (χ2n) is 24.8. The average molecular weight is 1370 g/mol. The average Bonchev–Trinajstić information content (AvgIpc) is 1.79. The normalized spacial score (nSPS) is 24.2. The van der Waals surface area contributed by atoms with Crippen molar-refractivity contribution >= 4 is 85.0 Å². The van der Waals surface area contributed by atoms with Gasteiger partial charge in [0.2, 0.25) is 11.9 Å². The highest BCUT2D eigenvalue weighted by Gasteiger charge is 2.50. The van der Waals surface area contributed by atoms with Crippen LogP contribution < -0.4 is 20.9 Å². The van der Waals surface area contributed by atoms with Crippen molar-refractivity contribution in [3.63, 3.8) is 0 Å². The van der Waals surface area contributed by atoms with E-state index in [4.69, 9.17) is 103 Å². The number of anilines is 2. The van der Waals surface area contributed by atoms with Crippen LogP contribution in [0.5, 0.6) is 11.5 Å². The van der Waals surface area contributed by atoms with Gasteiger partial charge in [-0.3, -0.25) is 22.7 Å². The molecule has 510 valence electrons. The van der Waals surface area contributed by atoms with Crippen LogP contribution >= 0.6 is 39.0 Å². The summed E-state index contributed by atoms with van der Waals surface area (Å²) in [6.45, 7) is 13.5. The molecule has 27 nitrogen and oxygen atoms in total. The molecule has 5 unspecified atom stereocenters. The lowest BCUT2D eigenvalue weighted by atomic mass is 9.83. The van der Waals surface area contributed by atoms with Gasteiger partial charge in [0.05, 0.1) is 78.2 Å². The van der Waals surface area contributed by atoms with Crippen LogP contribution in [-0.2, 0) is 69.1 Å². The van der Waals surface area contributed by atoms with Crippen molar-refractivity contribution in [2.75, 3.05) is 84.6 Å². The number of imidazole rings is 2. The molecule has 7 heterocycles. The fourth-order valence-corrected chi connectivity index (χ4v) is 14.8. The third-order valence-corrected chi connectivity index (χ3v) is 21.2. The maximum absolute atomic E-state index is 13.5. The van der Waals surface area contributed by atoms with E-state index >= 15 is 0 Å². The SMILES string of the molecule is COP(=S)(OC[C@H]1O[C@@H](n2cnc3c(=S)[nH]c(N)nc32)CC1O)OC1C(O)[C@H](n2cnc3c(=S)[nH]c(N)nc32)O[C@@H]1COP(=O)(O)O[C@H](CO)COCCOCCOCCOc1c(C)c(C)c2c(c1C)CC[C@@](C)(CCC[C@H](C)CCC[C@H](C)CCCC(C)C)O2. The van der Waals surface area contributed by atoms with E-state index in [1.807, 2.05) is 0 Å². The first kappa shape index (κ1) is 73.1. The molecule has 91 heavy (non-hydrogen) atoms. The van der Waals surface area contributed by atoms with Gasteiger partial charge in [0, 0.05) is 19.1 Å². The molecule has 32 heteroatoms. The predicted molar refractivity (Wildman–Crippen MR) is 349 cm³/mol. The molecule has 2 fully saturated rings. The van der Waals surface area contributed by atoms with Crippen molar-refractivity contribution < 1.29 is 80.6 Å². The topological polar surface area (TPSA) is 354 Å². The van der Waals surface area contributed by atoms with Crippen molar-refractivity contribution in [1.82, 2.24) is 39.0 Å². The van der Waals surface area contributed by atoms with E-state index in [-0.39, 0.29) is 77.4 Å². The molecule has 0 radical (unpaired) electrons. The van der Waals surface area contributed by atoms with Crippen LogP contribution in [0.3, 0.4) is 0 Å². The summed E-state index contributed by atoms with van der Waals surface area (Å²) in [7, 11) is -3.78. The zero-order valence-electron chi connectivity index (χ0n) is 53.6. The molecule has 13 atom stereocenters. The molecule has 0 amide bonds. The number of benzene rings is 1. The van der Waals surface area contributed by atoms with Gasteiger partial charge in [-0.25, -0.2) is 14.5 Å². The summed E-state index contributed by atoms with van der Waals surface area (Å²) in [4.78, 5) is 33.6. The highest BCUT2D eigenvalue weighted by Crippen LogP contribution is 2.55. The van der Waals surface area contributed by atoms with Gasteiger partial charge in [-0.05, 0) is 99.6 Å². The second-order valence-corrected chi connectivity index (χ2v) is 30.1. The number of fused-ring (bicyclic) bond motifs is 3. The Morgan fingerprint density at radius 2 is 1.37 bits per heavy atom. The van der Waals surface area contributed by atoms with E-state index in [0.717, 1.165) is 65.2 Å². The van der Waals surface area contributed by atoms with E-state index in [1.165, 1.54) is 81.3 Å². The molecule has 2 saturated heterocycles. The van der Waals surface area contributed by atoms with Gasteiger partial charge < -0.3 is 83.9 Å². The van der Waals surface area contributed by atoms with Crippen molar-refractivity contribution in [2.24, 2.45) is 17.8 Å². The van der Waals surface area contributed by atoms with Crippen LogP contribution in [0.25, 0.3) is 22.3 Å². The standard InChI is InChI=1S/C59H94N10O17P2S3/c1-34(2)13-10-14-35(3)15-11-16-36(4)17-12-19-59(8)20-18-41-39(7)49(37(5)38(6)50(41)84-59)79-26-25-77-22-21-76-23-24-78-29-40(28-70)85-87(73,74)80-31-44-51(48(72)56(83-44)69-33-63-47-53(69)65-58(61)67-55(47)90)86-88(91,75-9)81-30-43-42(71)27-45(82-43)68-32-62-46-52(68)64-57(60)66-54(46)89/h32-36,40,42-45,48,51,56,70-72H,10-31H2,1-9H3,(H,73,74)(H3,60,64,66,89)(H3,61,65,67,90)/t35-,36-,40-,42?,43-,44-,45-,48?,51?,56-,59-,88?/m1/s1. The largest absolute Gasteiger partial charge is 0.491 e. The van der Waals surface area contributed by atoms with Crippen molar-refractivity contribution in [1.29, 1.82) is 0 Å². The van der Waals surface area contributed by atoms with E-state index in [9.17, 15) is 24.8 Å². The second kappa shape index (κ2) is 33.3. The van der Waals surface area contributed by atoms with Gasteiger partial charge in [-0.1, -0.05) is 97.1 Å². The molecule has 3 aliphatic heterocycles. The summed E-state index contributed by atoms with van der Waals surface area (Å²) in [5, 5.41) is 33.1. The first-order valence-electron chi connectivity index (χ1n) is 31.4. The Bertz CT molecular complexity index is 3420. The molecule has 4 aromatic heterocycles. The summed E-state index contributed by atoms with van der Waals surface area (Å²) in [6, 6.07) is 0. The number of aromatic amines is 2. The number of nitrogens with one attached hydrogen (secondary N) is 2. The number of H-pyrrole nitrogens is 2. The van der Waals surface area contributed by atoms with Crippen LogP contribution in [0.1, 0.15) is 140 Å². The van der Waals surface area contributed by atoms with E-state index < -0.39 is 76.8 Å². The van der Waals surface area contributed by atoms with Gasteiger partial charge in [0.15, 0.2) is 17.5 Å². The number of aromatic nitrogens is 8. The summed E-state index contributed by atoms with van der Waals surface area (Å²) in [5.74, 6) is 4.25. The third-order valence-electron chi connectivity index (χ3n) is 17.1. The molecule has 3 aliphatic rings. The van der Waals surface area contributed by atoms with E-state index in [1.54, 1.807) is 4.57 Å². The third kappa shape index (κ3) is 19.5. The van der Waals surface area contributed by atoms with Gasteiger partial charge in [-0.15, -0.1) is 0 Å². The smallest absolute Gasteiger partial charge is 0.472 e. The lowest BCUT2D eigenvalue weighted by Gasteiger charge is -2.38. The zero-order valence-corrected chi connectivity index (χ0v) is 57.9. The number of phosphoric acid groups is 1. The van der Waals surface area contributed by atoms with Gasteiger partial charge in [0.1, 0.15) is 80.8 Å². The molecule has 0 saturated carbocycles. The van der Waals surface area contributed by atoms with E-state index in [0.29, 0.717) is 31.0 Å². The van der Waals surface area contributed by atoms with Crippen molar-refractivity contribution in [3.8, 4) is 11.5 Å². The number of aliphatic hydroxyl groups excluding tert-OH is 3. The highest BCUT2D eigenvalue weighted by atomic mass is 32.5. The number of ether oxygens (including phenoxy) is 7. The predicted octanol–water partition coefficient (Wildman–Crippen LogP) is 9.41. The highest BCUT2D eigenvalue weighted by molar-refractivity contribution is 8.07. The Kier molecular flexibility index (Phi) is 26.7. The Labute approximate surface area is 547 Å². The lowest BCUT2D eigenvalue weighted by Crippen LogP contribution is -2.37. The van der Waals surface area contributed by atoms with Crippen LogP contribution in [0.4, 0.5) is 11.9 Å². The van der Waals surface area contributed by atoms with Crippen LogP contribution in [0, 0.1) is 47.8 Å². The Morgan fingerprint density at radius 1 is 0.791 bits per heavy atom. The number of hydrogen-bond donors (Lipinski definition) is 8. The summed E-state index contributed by atoms with van der Waals surface area (Å²) < 4.78 is 88.1. The fraction of sp³-hybridized carbons (Fsp3) is 0.729. The van der Waals surface area contributed by atoms with Gasteiger partial charge in [-0.2, -0.15) is 9.97 Å². The fourth-order valence-electron chi connectivity index (χ4n) is 11.8. The molecule has 5 aromatic rings. The minimum absolute atomic E-state index is 0.0495. The van der Waals surface area contributed by atoms with Gasteiger partial charge >= 0.3 is 14.5 Å². The quantitative estimate of drug-likeness (QED) is 0.0104.